The lowest BCUT2D eigenvalue weighted by atomic mass is 10.1. The first kappa shape index (κ1) is 18.5. The second-order valence-electron chi connectivity index (χ2n) is 6.19. The predicted molar refractivity (Wildman–Crippen MR) is 107 cm³/mol. The van der Waals surface area contributed by atoms with Gasteiger partial charge in [-0.15, -0.1) is 0 Å². The van der Waals surface area contributed by atoms with Gasteiger partial charge in [-0.2, -0.15) is 5.10 Å². The number of benzene rings is 2. The van der Waals surface area contributed by atoms with Crippen LogP contribution in [0.2, 0.25) is 0 Å². The Hall–Kier alpha value is -3.34. The molecule has 0 bridgehead atoms. The Morgan fingerprint density at radius 1 is 1.11 bits per heavy atom. The van der Waals surface area contributed by atoms with Crippen LogP contribution in [-0.2, 0) is 11.3 Å². The van der Waals surface area contributed by atoms with E-state index in [-0.39, 0.29) is 5.91 Å². The maximum Gasteiger partial charge on any atom is 0.244 e. The molecule has 5 nitrogen and oxygen atoms in total. The molecule has 1 amide bonds. The number of hydrogen-bond acceptors (Lipinski definition) is 3. The molecule has 1 N–H and O–H groups in total. The third-order valence-corrected chi connectivity index (χ3v) is 4.43. The number of methoxy groups -OCH3 is 1. The fraction of sp³-hybridized carbons (Fsp3) is 0.182. The number of aryl methyl sites for hydroxylation is 1. The lowest BCUT2D eigenvalue weighted by Crippen LogP contribution is -2.21. The molecule has 0 aliphatic heterocycles. The lowest BCUT2D eigenvalue weighted by Gasteiger charge is -2.06. The number of nitrogens with one attached hydrogen (secondary N) is 1. The van der Waals surface area contributed by atoms with Crippen molar-refractivity contribution >= 4 is 12.0 Å². The molecule has 0 spiro atoms. The molecule has 0 saturated heterocycles. The Kier molecular flexibility index (Phi) is 5.71. The number of ether oxygens (including phenoxy) is 1. The highest BCUT2D eigenvalue weighted by atomic mass is 16.5. The molecule has 0 aliphatic rings. The smallest absolute Gasteiger partial charge is 0.244 e. The average molecular weight is 361 g/mol. The van der Waals surface area contributed by atoms with E-state index < -0.39 is 0 Å². The molecule has 138 valence electrons. The van der Waals surface area contributed by atoms with Gasteiger partial charge in [-0.1, -0.05) is 36.4 Å². The van der Waals surface area contributed by atoms with E-state index in [1.54, 1.807) is 13.2 Å². The quantitative estimate of drug-likeness (QED) is 0.679. The Balaban J connectivity index is 1.69. The summed E-state index contributed by atoms with van der Waals surface area (Å²) in [6.45, 7) is 4.40. The second kappa shape index (κ2) is 8.36. The monoisotopic (exact) mass is 361 g/mol. The molecular weight excluding hydrogens is 338 g/mol. The van der Waals surface area contributed by atoms with Gasteiger partial charge in [0.25, 0.3) is 0 Å². The zero-order valence-electron chi connectivity index (χ0n) is 15.8. The topological polar surface area (TPSA) is 56.1 Å². The van der Waals surface area contributed by atoms with Crippen LogP contribution >= 0.6 is 0 Å². The fourth-order valence-electron chi connectivity index (χ4n) is 2.96. The standard InChI is InChI=1S/C22H23N3O2/c1-16-20(17(2)25(24-16)19-10-5-4-6-11-19)15-23-22(26)14-13-18-9-7-8-12-21(18)27-3/h4-14H,15H2,1-3H3,(H,23,26)/b14-13+. The van der Waals surface area contributed by atoms with Crippen LogP contribution in [0.1, 0.15) is 22.5 Å². The molecule has 0 radical (unpaired) electrons. The highest BCUT2D eigenvalue weighted by Gasteiger charge is 2.13. The van der Waals surface area contributed by atoms with Crippen LogP contribution in [0.25, 0.3) is 11.8 Å². The molecule has 0 unspecified atom stereocenters. The van der Waals surface area contributed by atoms with E-state index in [4.69, 9.17) is 4.74 Å². The first-order chi connectivity index (χ1) is 13.1. The minimum Gasteiger partial charge on any atom is -0.496 e. The summed E-state index contributed by atoms with van der Waals surface area (Å²) in [4.78, 5) is 12.2. The third-order valence-electron chi connectivity index (χ3n) is 4.43. The molecule has 27 heavy (non-hydrogen) atoms. The number of carbonyl (C=O) groups excluding carboxylic acids is 1. The van der Waals surface area contributed by atoms with E-state index in [1.165, 1.54) is 6.08 Å². The minimum atomic E-state index is -0.160. The van der Waals surface area contributed by atoms with Gasteiger partial charge < -0.3 is 10.1 Å². The van der Waals surface area contributed by atoms with Gasteiger partial charge >= 0.3 is 0 Å². The van der Waals surface area contributed by atoms with Crippen LogP contribution in [0.15, 0.2) is 60.7 Å². The zero-order valence-corrected chi connectivity index (χ0v) is 15.8. The maximum absolute atomic E-state index is 12.2. The van der Waals surface area contributed by atoms with E-state index in [2.05, 4.69) is 10.4 Å². The number of amides is 1. The van der Waals surface area contributed by atoms with E-state index in [0.29, 0.717) is 6.54 Å². The Morgan fingerprint density at radius 3 is 2.56 bits per heavy atom. The summed E-state index contributed by atoms with van der Waals surface area (Å²) in [5.74, 6) is 0.574. The SMILES string of the molecule is COc1ccccc1/C=C/C(=O)NCc1c(C)nn(-c2ccccc2)c1C. The highest BCUT2D eigenvalue weighted by molar-refractivity contribution is 5.92. The first-order valence-corrected chi connectivity index (χ1v) is 8.79. The molecule has 5 heteroatoms. The van der Waals surface area contributed by atoms with Crippen LogP contribution in [0.3, 0.4) is 0 Å². The van der Waals surface area contributed by atoms with Crippen LogP contribution in [0.4, 0.5) is 0 Å². The molecule has 3 rings (SSSR count). The summed E-state index contributed by atoms with van der Waals surface area (Å²) in [5, 5.41) is 7.54. The molecule has 3 aromatic rings. The number of para-hydroxylation sites is 2. The van der Waals surface area contributed by atoms with Crippen molar-refractivity contribution in [3.63, 3.8) is 0 Å². The van der Waals surface area contributed by atoms with Crippen molar-refractivity contribution in [2.24, 2.45) is 0 Å². The molecule has 1 aromatic heterocycles. The Bertz CT molecular complexity index is 959. The molecule has 0 fully saturated rings. The molecule has 2 aromatic carbocycles. The Labute approximate surface area is 159 Å². The van der Waals surface area contributed by atoms with Crippen molar-refractivity contribution in [1.82, 2.24) is 15.1 Å². The lowest BCUT2D eigenvalue weighted by molar-refractivity contribution is -0.116. The van der Waals surface area contributed by atoms with Crippen molar-refractivity contribution in [2.75, 3.05) is 7.11 Å². The van der Waals surface area contributed by atoms with Gasteiger partial charge in [0.15, 0.2) is 0 Å². The van der Waals surface area contributed by atoms with Crippen molar-refractivity contribution in [3.8, 4) is 11.4 Å². The second-order valence-corrected chi connectivity index (χ2v) is 6.19. The van der Waals surface area contributed by atoms with E-state index >= 15 is 0 Å². The molecule has 0 aliphatic carbocycles. The highest BCUT2D eigenvalue weighted by Crippen LogP contribution is 2.19. The van der Waals surface area contributed by atoms with Crippen molar-refractivity contribution in [2.45, 2.75) is 20.4 Å². The largest absolute Gasteiger partial charge is 0.496 e. The summed E-state index contributed by atoms with van der Waals surface area (Å²) in [6.07, 6.45) is 3.27. The van der Waals surface area contributed by atoms with Crippen molar-refractivity contribution < 1.29 is 9.53 Å². The summed E-state index contributed by atoms with van der Waals surface area (Å²) in [5.41, 5.74) is 4.82. The van der Waals surface area contributed by atoms with Gasteiger partial charge in [-0.25, -0.2) is 4.68 Å². The average Bonchev–Trinajstić information content (AvgIpc) is 2.99. The van der Waals surface area contributed by atoms with Gasteiger partial charge in [-0.05, 0) is 38.1 Å². The molecular formula is C22H23N3O2. The number of rotatable bonds is 6. The zero-order chi connectivity index (χ0) is 19.2. The molecule has 0 atom stereocenters. The van der Waals surface area contributed by atoms with Crippen molar-refractivity contribution in [1.29, 1.82) is 0 Å². The third kappa shape index (κ3) is 4.26. The summed E-state index contributed by atoms with van der Waals surface area (Å²) in [7, 11) is 1.61. The maximum atomic E-state index is 12.2. The van der Waals surface area contributed by atoms with Crippen LogP contribution < -0.4 is 10.1 Å². The van der Waals surface area contributed by atoms with E-state index in [0.717, 1.165) is 34.0 Å². The molecule has 1 heterocycles. The summed E-state index contributed by atoms with van der Waals surface area (Å²) >= 11 is 0. The van der Waals surface area contributed by atoms with E-state index in [1.807, 2.05) is 73.1 Å². The van der Waals surface area contributed by atoms with Crippen LogP contribution in [-0.4, -0.2) is 22.8 Å². The normalized spacial score (nSPS) is 10.9. The van der Waals surface area contributed by atoms with Crippen LogP contribution in [0.5, 0.6) is 5.75 Å². The fourth-order valence-corrected chi connectivity index (χ4v) is 2.96. The number of nitrogens with zero attached hydrogens (tertiary/aromatic N) is 2. The number of aromatic nitrogens is 2. The van der Waals surface area contributed by atoms with E-state index in [9.17, 15) is 4.79 Å². The van der Waals surface area contributed by atoms with Crippen molar-refractivity contribution in [3.05, 3.63) is 83.2 Å². The van der Waals surface area contributed by atoms with Gasteiger partial charge in [0, 0.05) is 29.4 Å². The Morgan fingerprint density at radius 2 is 1.81 bits per heavy atom. The minimum absolute atomic E-state index is 0.160. The summed E-state index contributed by atoms with van der Waals surface area (Å²) < 4.78 is 7.19. The first-order valence-electron chi connectivity index (χ1n) is 8.79. The van der Waals surface area contributed by atoms with Crippen LogP contribution in [0, 0.1) is 13.8 Å². The molecule has 0 saturated carbocycles. The number of hydrogen-bond donors (Lipinski definition) is 1. The number of carbonyl (C=O) groups is 1. The van der Waals surface area contributed by atoms with Gasteiger partial charge in [0.2, 0.25) is 5.91 Å². The summed E-state index contributed by atoms with van der Waals surface area (Å²) in [6, 6.07) is 17.5. The van der Waals surface area contributed by atoms with Gasteiger partial charge in [0.1, 0.15) is 5.75 Å². The predicted octanol–water partition coefficient (Wildman–Crippen LogP) is 3.83. The van der Waals surface area contributed by atoms with Gasteiger partial charge in [0.05, 0.1) is 18.5 Å². The van der Waals surface area contributed by atoms with Gasteiger partial charge in [-0.3, -0.25) is 4.79 Å².